The average Bonchev–Trinajstić information content (AvgIpc) is 3.48. The zero-order chi connectivity index (χ0) is 25.4. The number of amidine groups is 2. The van der Waals surface area contributed by atoms with Crippen LogP contribution >= 0.6 is 11.8 Å². The molecule has 6 rings (SSSR count). The van der Waals surface area contributed by atoms with Gasteiger partial charge in [0.25, 0.3) is 5.91 Å². The maximum Gasteiger partial charge on any atom is 0.283 e. The molecule has 0 unspecified atom stereocenters. The number of hydrogen-bond donors (Lipinski definition) is 1. The fourth-order valence-corrected chi connectivity index (χ4v) is 5.49. The molecule has 3 aliphatic rings. The van der Waals surface area contributed by atoms with Crippen molar-refractivity contribution in [3.8, 4) is 0 Å². The third-order valence-electron chi connectivity index (χ3n) is 6.48. The summed E-state index contributed by atoms with van der Waals surface area (Å²) in [6, 6.07) is 18.2. The third kappa shape index (κ3) is 4.61. The average molecular weight is 513 g/mol. The highest BCUT2D eigenvalue weighted by Gasteiger charge is 2.36. The minimum absolute atomic E-state index is 0.0452. The molecule has 1 fully saturated rings. The van der Waals surface area contributed by atoms with Crippen molar-refractivity contribution >= 4 is 56.6 Å². The summed E-state index contributed by atoms with van der Waals surface area (Å²) < 4.78 is 7.45. The van der Waals surface area contributed by atoms with E-state index in [9.17, 15) is 9.59 Å². The molecule has 0 saturated carbocycles. The Morgan fingerprint density at radius 1 is 1.08 bits per heavy atom. The van der Waals surface area contributed by atoms with Crippen LogP contribution in [-0.2, 0) is 20.9 Å². The first-order valence-electron chi connectivity index (χ1n) is 12.0. The summed E-state index contributed by atoms with van der Waals surface area (Å²) in [4.78, 5) is 31.6. The maximum absolute atomic E-state index is 13.0. The number of nitrogens with one attached hydrogen (secondary N) is 1. The van der Waals surface area contributed by atoms with Gasteiger partial charge in [-0.2, -0.15) is 15.1 Å². The molecule has 37 heavy (non-hydrogen) atoms. The lowest BCUT2D eigenvalue weighted by Crippen LogP contribution is -2.41. The molecule has 10 heteroatoms. The number of amides is 2. The number of morpholine rings is 1. The lowest BCUT2D eigenvalue weighted by atomic mass is 10.1. The number of hydrazone groups is 1. The fourth-order valence-electron chi connectivity index (χ4n) is 4.61. The van der Waals surface area contributed by atoms with Crippen LogP contribution in [0.15, 0.2) is 76.5 Å². The number of fused-ring (bicyclic) bond motifs is 2. The van der Waals surface area contributed by atoms with Gasteiger partial charge in [-0.15, -0.1) is 0 Å². The molecule has 186 valence electrons. The summed E-state index contributed by atoms with van der Waals surface area (Å²) in [5.74, 6) is -0.578. The van der Waals surface area contributed by atoms with Crippen LogP contribution in [0.25, 0.3) is 17.0 Å². The summed E-state index contributed by atoms with van der Waals surface area (Å²) in [6.45, 7) is 2.85. The number of aliphatic imine (C=N–C) groups is 1. The van der Waals surface area contributed by atoms with E-state index < -0.39 is 5.91 Å². The Labute approximate surface area is 217 Å². The second kappa shape index (κ2) is 9.79. The van der Waals surface area contributed by atoms with Crippen LogP contribution in [0.4, 0.5) is 0 Å². The quantitative estimate of drug-likeness (QED) is 0.527. The number of nitrogens with zero attached hydrogens (tertiary/aromatic N) is 5. The zero-order valence-electron chi connectivity index (χ0n) is 20.0. The molecule has 0 radical (unpaired) electrons. The van der Waals surface area contributed by atoms with Gasteiger partial charge in [-0.3, -0.25) is 15.0 Å². The third-order valence-corrected chi connectivity index (χ3v) is 7.39. The normalized spacial score (nSPS) is 18.9. The predicted molar refractivity (Wildman–Crippen MR) is 145 cm³/mol. The highest BCUT2D eigenvalue weighted by Crippen LogP contribution is 2.31. The lowest BCUT2D eigenvalue weighted by Gasteiger charge is -2.26. The Balaban J connectivity index is 1.27. The van der Waals surface area contributed by atoms with Gasteiger partial charge in [0.15, 0.2) is 5.84 Å². The molecular formula is C27H24N6O3S. The molecule has 3 aliphatic heterocycles. The summed E-state index contributed by atoms with van der Waals surface area (Å²) in [5, 5.41) is 16.4. The number of benzene rings is 2. The minimum Gasteiger partial charge on any atom is -0.378 e. The highest BCUT2D eigenvalue weighted by molar-refractivity contribution is 8.27. The number of rotatable bonds is 5. The molecule has 3 aromatic rings. The molecule has 0 bridgehead atoms. The molecule has 4 heterocycles. The number of aromatic nitrogens is 1. The SMILES string of the molecule is N=C1C(=Cc2cn(Cc3ccccc3)c3ccccc23)C(=O)N=C2SC(CC(=O)N3CCOCC3)=NN12. The standard InChI is InChI=1S/C27H24N6O3S/c28-25-21(14-19-17-32(16-18-6-2-1-3-7-18)22-9-5-4-8-20(19)22)26(35)29-27-33(25)30-23(37-27)15-24(34)31-10-12-36-13-11-31/h1-9,14,17,28H,10-13,15-16H2. The van der Waals surface area contributed by atoms with Gasteiger partial charge in [0.2, 0.25) is 11.1 Å². The van der Waals surface area contributed by atoms with Crippen molar-refractivity contribution in [1.82, 2.24) is 14.5 Å². The second-order valence-corrected chi connectivity index (χ2v) is 9.94. The Hall–Kier alpha value is -4.02. The van der Waals surface area contributed by atoms with Crippen molar-refractivity contribution in [1.29, 1.82) is 5.41 Å². The summed E-state index contributed by atoms with van der Waals surface area (Å²) in [7, 11) is 0. The van der Waals surface area contributed by atoms with Gasteiger partial charge in [0.1, 0.15) is 5.04 Å². The molecule has 1 saturated heterocycles. The van der Waals surface area contributed by atoms with Gasteiger partial charge in [-0.1, -0.05) is 48.5 Å². The minimum atomic E-state index is -0.486. The molecule has 2 aromatic carbocycles. The first-order chi connectivity index (χ1) is 18.1. The Morgan fingerprint density at radius 3 is 2.65 bits per heavy atom. The van der Waals surface area contributed by atoms with Crippen LogP contribution in [0.2, 0.25) is 0 Å². The molecule has 0 atom stereocenters. The first kappa shape index (κ1) is 23.4. The second-order valence-electron chi connectivity index (χ2n) is 8.90. The number of ether oxygens (including phenoxy) is 1. The molecule has 0 aliphatic carbocycles. The van der Waals surface area contributed by atoms with Crippen molar-refractivity contribution in [3.05, 3.63) is 77.5 Å². The molecule has 0 spiro atoms. The summed E-state index contributed by atoms with van der Waals surface area (Å²) in [6.07, 6.45) is 3.82. The van der Waals surface area contributed by atoms with E-state index in [2.05, 4.69) is 26.8 Å². The van der Waals surface area contributed by atoms with Gasteiger partial charge < -0.3 is 14.2 Å². The maximum atomic E-state index is 13.0. The van der Waals surface area contributed by atoms with Crippen molar-refractivity contribution in [2.24, 2.45) is 10.1 Å². The van der Waals surface area contributed by atoms with E-state index in [4.69, 9.17) is 10.1 Å². The van der Waals surface area contributed by atoms with Crippen LogP contribution in [-0.4, -0.2) is 68.6 Å². The zero-order valence-corrected chi connectivity index (χ0v) is 20.8. The van der Waals surface area contributed by atoms with E-state index >= 15 is 0 Å². The van der Waals surface area contributed by atoms with Gasteiger partial charge in [-0.25, -0.2) is 0 Å². The summed E-state index contributed by atoms with van der Waals surface area (Å²) >= 11 is 1.16. The van der Waals surface area contributed by atoms with Crippen molar-refractivity contribution < 1.29 is 14.3 Å². The van der Waals surface area contributed by atoms with E-state index in [1.165, 1.54) is 10.6 Å². The van der Waals surface area contributed by atoms with Gasteiger partial charge in [0.05, 0.1) is 25.2 Å². The highest BCUT2D eigenvalue weighted by atomic mass is 32.2. The summed E-state index contributed by atoms with van der Waals surface area (Å²) in [5.41, 5.74) is 3.20. The van der Waals surface area contributed by atoms with E-state index in [0.29, 0.717) is 43.1 Å². The van der Waals surface area contributed by atoms with Crippen LogP contribution in [0.5, 0.6) is 0 Å². The molecule has 2 amide bonds. The van der Waals surface area contributed by atoms with Crippen LogP contribution in [0.3, 0.4) is 0 Å². The molecule has 9 nitrogen and oxygen atoms in total. The number of hydrogen-bond acceptors (Lipinski definition) is 6. The number of carbonyl (C=O) groups is 2. The Kier molecular flexibility index (Phi) is 6.19. The fraction of sp³-hybridized carbons (Fsp3) is 0.222. The number of thioether (sulfide) groups is 1. The van der Waals surface area contributed by atoms with Gasteiger partial charge in [0, 0.05) is 42.3 Å². The van der Waals surface area contributed by atoms with E-state index in [-0.39, 0.29) is 23.7 Å². The predicted octanol–water partition coefficient (Wildman–Crippen LogP) is 3.56. The van der Waals surface area contributed by atoms with E-state index in [1.54, 1.807) is 11.0 Å². The van der Waals surface area contributed by atoms with E-state index in [1.807, 2.05) is 48.7 Å². The van der Waals surface area contributed by atoms with Crippen molar-refractivity contribution in [2.45, 2.75) is 13.0 Å². The van der Waals surface area contributed by atoms with E-state index in [0.717, 1.165) is 28.2 Å². The number of carbonyl (C=O) groups excluding carboxylic acids is 2. The first-order valence-corrected chi connectivity index (χ1v) is 12.8. The van der Waals surface area contributed by atoms with Gasteiger partial charge in [-0.05, 0) is 29.5 Å². The molecular weight excluding hydrogens is 488 g/mol. The van der Waals surface area contributed by atoms with Crippen LogP contribution in [0.1, 0.15) is 17.5 Å². The largest absolute Gasteiger partial charge is 0.378 e. The van der Waals surface area contributed by atoms with Crippen LogP contribution in [0, 0.1) is 5.41 Å². The van der Waals surface area contributed by atoms with Crippen molar-refractivity contribution in [2.75, 3.05) is 26.3 Å². The van der Waals surface area contributed by atoms with Gasteiger partial charge >= 0.3 is 0 Å². The lowest BCUT2D eigenvalue weighted by molar-refractivity contribution is -0.133. The molecule has 1 N–H and O–H groups in total. The Bertz CT molecular complexity index is 1500. The smallest absolute Gasteiger partial charge is 0.283 e. The monoisotopic (exact) mass is 512 g/mol. The topological polar surface area (TPSA) is 103 Å². The molecule has 1 aromatic heterocycles. The number of para-hydroxylation sites is 1. The Morgan fingerprint density at radius 2 is 1.84 bits per heavy atom. The van der Waals surface area contributed by atoms with Crippen LogP contribution < -0.4 is 0 Å². The van der Waals surface area contributed by atoms with Crippen molar-refractivity contribution in [3.63, 3.8) is 0 Å².